The van der Waals surface area contributed by atoms with Crippen molar-refractivity contribution in [2.24, 2.45) is 0 Å². The fourth-order valence-corrected chi connectivity index (χ4v) is 4.42. The number of pyridine rings is 1. The van der Waals surface area contributed by atoms with Gasteiger partial charge in [0.2, 0.25) is 5.91 Å². The van der Waals surface area contributed by atoms with Crippen LogP contribution in [0, 0.1) is 13.8 Å². The molecule has 0 atom stereocenters. The predicted octanol–water partition coefficient (Wildman–Crippen LogP) is 6.24. The van der Waals surface area contributed by atoms with Crippen molar-refractivity contribution < 1.29 is 9.59 Å². The lowest BCUT2D eigenvalue weighted by Gasteiger charge is -2.12. The number of aromatic nitrogens is 3. The Bertz CT molecular complexity index is 1590. The number of amides is 1. The second kappa shape index (κ2) is 9.76. The van der Waals surface area contributed by atoms with E-state index in [9.17, 15) is 9.59 Å². The van der Waals surface area contributed by atoms with Gasteiger partial charge in [-0.2, -0.15) is 5.10 Å². The largest absolute Gasteiger partial charge is 0.324 e. The van der Waals surface area contributed by atoms with Gasteiger partial charge in [0.15, 0.2) is 11.4 Å². The van der Waals surface area contributed by atoms with Gasteiger partial charge in [-0.3, -0.25) is 9.59 Å². The maximum absolute atomic E-state index is 13.1. The summed E-state index contributed by atoms with van der Waals surface area (Å²) in [4.78, 5) is 30.7. The Hall–Kier alpha value is -4.29. The fraction of sp³-hybridized carbons (Fsp3) is 0.103. The lowest BCUT2D eigenvalue weighted by atomic mass is 10.0. The van der Waals surface area contributed by atoms with E-state index >= 15 is 0 Å². The molecule has 5 aromatic rings. The number of carbonyl (C=O) groups is 2. The van der Waals surface area contributed by atoms with E-state index in [4.69, 9.17) is 11.6 Å². The van der Waals surface area contributed by atoms with Gasteiger partial charge in [0.05, 0.1) is 11.4 Å². The Balaban J connectivity index is 1.44. The van der Waals surface area contributed by atoms with Crippen LogP contribution in [0.1, 0.15) is 27.2 Å². The second-order valence-corrected chi connectivity index (χ2v) is 9.04. The zero-order chi connectivity index (χ0) is 25.2. The summed E-state index contributed by atoms with van der Waals surface area (Å²) in [6.07, 6.45) is 1.73. The average Bonchev–Trinajstić information content (AvgIpc) is 3.20. The number of fused-ring (bicyclic) bond motifs is 1. The highest BCUT2D eigenvalue weighted by Gasteiger charge is 2.19. The Morgan fingerprint density at radius 3 is 2.44 bits per heavy atom. The molecule has 0 radical (unpaired) electrons. The summed E-state index contributed by atoms with van der Waals surface area (Å²) in [5.74, 6) is -0.551. The minimum absolute atomic E-state index is 0.0592. The molecule has 36 heavy (non-hydrogen) atoms. The molecule has 0 unspecified atom stereocenters. The topological polar surface area (TPSA) is 76.9 Å². The highest BCUT2D eigenvalue weighted by Crippen LogP contribution is 2.30. The van der Waals surface area contributed by atoms with Crippen LogP contribution in [0.3, 0.4) is 0 Å². The minimum atomic E-state index is -0.327. The summed E-state index contributed by atoms with van der Waals surface area (Å²) in [7, 11) is 0. The van der Waals surface area contributed by atoms with Crippen LogP contribution in [-0.4, -0.2) is 26.5 Å². The molecule has 0 aliphatic heterocycles. The minimum Gasteiger partial charge on any atom is -0.324 e. The lowest BCUT2D eigenvalue weighted by Crippen LogP contribution is -2.21. The van der Waals surface area contributed by atoms with Gasteiger partial charge in [0, 0.05) is 27.7 Å². The van der Waals surface area contributed by atoms with Crippen LogP contribution in [-0.2, 0) is 11.3 Å². The number of halogens is 1. The molecule has 6 nitrogen and oxygen atoms in total. The predicted molar refractivity (Wildman–Crippen MR) is 142 cm³/mol. The molecular weight excluding hydrogens is 472 g/mol. The zero-order valence-corrected chi connectivity index (χ0v) is 20.6. The van der Waals surface area contributed by atoms with Gasteiger partial charge in [-0.1, -0.05) is 71.8 Å². The van der Waals surface area contributed by atoms with Crippen LogP contribution >= 0.6 is 11.6 Å². The van der Waals surface area contributed by atoms with E-state index in [1.54, 1.807) is 53.3 Å². The van der Waals surface area contributed by atoms with E-state index in [-0.39, 0.29) is 18.2 Å². The molecule has 0 aliphatic carbocycles. The van der Waals surface area contributed by atoms with Gasteiger partial charge in [-0.25, -0.2) is 9.67 Å². The van der Waals surface area contributed by atoms with Gasteiger partial charge >= 0.3 is 0 Å². The molecule has 0 aliphatic rings. The van der Waals surface area contributed by atoms with Gasteiger partial charge in [-0.15, -0.1) is 0 Å². The van der Waals surface area contributed by atoms with Crippen molar-refractivity contribution in [1.29, 1.82) is 0 Å². The number of aryl methyl sites for hydroxylation is 2. The molecule has 0 fully saturated rings. The smallest absolute Gasteiger partial charge is 0.246 e. The number of hydrogen-bond acceptors (Lipinski definition) is 4. The van der Waals surface area contributed by atoms with E-state index in [0.717, 1.165) is 22.2 Å². The van der Waals surface area contributed by atoms with Crippen molar-refractivity contribution >= 4 is 40.0 Å². The summed E-state index contributed by atoms with van der Waals surface area (Å²) in [5, 5.41) is 8.77. The SMILES string of the molecule is Cc1ccc(-c2ccnc3c2c(C)nn3CC(=O)Nc2ccc(Cl)cc2C(=O)c2ccccc2)cc1. The maximum atomic E-state index is 13.1. The monoisotopic (exact) mass is 494 g/mol. The molecule has 1 N–H and O–H groups in total. The Morgan fingerprint density at radius 2 is 1.69 bits per heavy atom. The molecule has 178 valence electrons. The number of ketones is 1. The number of hydrogen-bond donors (Lipinski definition) is 1. The van der Waals surface area contributed by atoms with Gasteiger partial charge < -0.3 is 5.32 Å². The van der Waals surface area contributed by atoms with E-state index in [1.807, 2.05) is 26.0 Å². The third-order valence-electron chi connectivity index (χ3n) is 6.00. The summed E-state index contributed by atoms with van der Waals surface area (Å²) >= 11 is 6.17. The third-order valence-corrected chi connectivity index (χ3v) is 6.24. The molecule has 2 aromatic heterocycles. The molecule has 2 heterocycles. The molecule has 0 saturated carbocycles. The number of rotatable bonds is 6. The molecular formula is C29H23ClN4O2. The Labute approximate surface area is 213 Å². The molecule has 7 heteroatoms. The highest BCUT2D eigenvalue weighted by molar-refractivity contribution is 6.31. The van der Waals surface area contributed by atoms with Crippen LogP contribution in [0.5, 0.6) is 0 Å². The number of nitrogens with one attached hydrogen (secondary N) is 1. The highest BCUT2D eigenvalue weighted by atomic mass is 35.5. The van der Waals surface area contributed by atoms with Crippen LogP contribution < -0.4 is 5.32 Å². The van der Waals surface area contributed by atoms with Crippen LogP contribution in [0.4, 0.5) is 5.69 Å². The van der Waals surface area contributed by atoms with Crippen molar-refractivity contribution in [3.8, 4) is 11.1 Å². The summed E-state index contributed by atoms with van der Waals surface area (Å²) in [6.45, 7) is 3.90. The molecule has 0 bridgehead atoms. The summed E-state index contributed by atoms with van der Waals surface area (Å²) < 4.78 is 1.59. The molecule has 1 amide bonds. The summed E-state index contributed by atoms with van der Waals surface area (Å²) in [5.41, 5.74) is 5.88. The van der Waals surface area contributed by atoms with E-state index in [1.165, 1.54) is 5.56 Å². The maximum Gasteiger partial charge on any atom is 0.246 e. The van der Waals surface area contributed by atoms with Crippen LogP contribution in [0.15, 0.2) is 85.1 Å². The number of benzene rings is 3. The number of nitrogens with zero attached hydrogens (tertiary/aromatic N) is 3. The lowest BCUT2D eigenvalue weighted by molar-refractivity contribution is -0.116. The molecule has 0 saturated heterocycles. The van der Waals surface area contributed by atoms with Gasteiger partial charge in [0.1, 0.15) is 6.54 Å². The van der Waals surface area contributed by atoms with Crippen LogP contribution in [0.25, 0.3) is 22.2 Å². The fourth-order valence-electron chi connectivity index (χ4n) is 4.25. The Morgan fingerprint density at radius 1 is 0.944 bits per heavy atom. The average molecular weight is 495 g/mol. The normalized spacial score (nSPS) is 11.0. The zero-order valence-electron chi connectivity index (χ0n) is 19.8. The molecule has 3 aromatic carbocycles. The first kappa shape index (κ1) is 23.5. The summed E-state index contributed by atoms with van der Waals surface area (Å²) in [6, 6.07) is 23.9. The van der Waals surface area contributed by atoms with Gasteiger partial charge in [0.25, 0.3) is 0 Å². The van der Waals surface area contributed by atoms with E-state index in [2.05, 4.69) is 39.7 Å². The quantitative estimate of drug-likeness (QED) is 0.283. The number of carbonyl (C=O) groups excluding carboxylic acids is 2. The van der Waals surface area contributed by atoms with Crippen LogP contribution in [0.2, 0.25) is 5.02 Å². The van der Waals surface area contributed by atoms with Crippen molar-refractivity contribution in [2.45, 2.75) is 20.4 Å². The third kappa shape index (κ3) is 4.63. The first-order valence-corrected chi connectivity index (χ1v) is 11.9. The molecule has 5 rings (SSSR count). The van der Waals surface area contributed by atoms with E-state index in [0.29, 0.717) is 27.5 Å². The van der Waals surface area contributed by atoms with Crippen molar-refractivity contribution in [1.82, 2.24) is 14.8 Å². The number of anilines is 1. The van der Waals surface area contributed by atoms with E-state index < -0.39 is 0 Å². The van der Waals surface area contributed by atoms with Crippen molar-refractivity contribution in [3.05, 3.63) is 112 Å². The molecule has 0 spiro atoms. The first-order valence-electron chi connectivity index (χ1n) is 11.5. The van der Waals surface area contributed by atoms with Crippen molar-refractivity contribution in [3.63, 3.8) is 0 Å². The first-order chi connectivity index (χ1) is 17.4. The second-order valence-electron chi connectivity index (χ2n) is 8.60. The van der Waals surface area contributed by atoms with Gasteiger partial charge in [-0.05, 0) is 49.2 Å². The Kier molecular flexibility index (Phi) is 6.36. The standard InChI is InChI=1S/C29H23ClN4O2/c1-18-8-10-20(11-9-18)23-14-15-31-29-27(23)19(2)33-34(29)17-26(35)32-25-13-12-22(30)16-24(25)28(36)21-6-4-3-5-7-21/h3-16H,17H2,1-2H3,(H,32,35). The van der Waals surface area contributed by atoms with Crippen molar-refractivity contribution in [2.75, 3.05) is 5.32 Å².